The molecule has 5 nitrogen and oxygen atoms in total. The largest absolute Gasteiger partial charge is 0.444 e. The number of nitrogens with zero attached hydrogens (tertiary/aromatic N) is 1. The maximum absolute atomic E-state index is 12.2. The Morgan fingerprint density at radius 2 is 1.80 bits per heavy atom. The predicted molar refractivity (Wildman–Crippen MR) is 83.6 cm³/mol. The number of amides is 1. The highest BCUT2D eigenvalue weighted by atomic mass is 16.6. The maximum atomic E-state index is 12.2. The highest BCUT2D eigenvalue weighted by Crippen LogP contribution is 2.21. The molecule has 0 heterocycles. The normalized spacial score (nSPS) is 16.4. The summed E-state index contributed by atoms with van der Waals surface area (Å²) < 4.78 is 5.47. The molecule has 20 heavy (non-hydrogen) atoms. The molecule has 120 valence electrons. The van der Waals surface area contributed by atoms with Gasteiger partial charge in [0.05, 0.1) is 0 Å². The van der Waals surface area contributed by atoms with Crippen LogP contribution in [0, 0.1) is 0 Å². The molecule has 0 bridgehead atoms. The minimum atomic E-state index is -0.457. The first-order valence-electron chi connectivity index (χ1n) is 7.52. The van der Waals surface area contributed by atoms with Crippen molar-refractivity contribution < 1.29 is 9.53 Å². The van der Waals surface area contributed by atoms with E-state index in [2.05, 4.69) is 31.6 Å². The number of hydrogen-bond acceptors (Lipinski definition) is 4. The standard InChI is InChI=1S/C15H33N3O2/c1-9-15(7,17-16-8)11-12(3)18(10-2)13(19)20-14(4,5)6/h12,16-17H,9-11H2,1-8H3. The number of ether oxygens (including phenoxy) is 1. The number of rotatable bonds is 7. The first-order valence-corrected chi connectivity index (χ1v) is 7.52. The van der Waals surface area contributed by atoms with Crippen LogP contribution in [0.25, 0.3) is 0 Å². The van der Waals surface area contributed by atoms with Crippen molar-refractivity contribution in [2.24, 2.45) is 0 Å². The van der Waals surface area contributed by atoms with Crippen LogP contribution in [-0.2, 0) is 4.74 Å². The zero-order chi connectivity index (χ0) is 16.0. The highest BCUT2D eigenvalue weighted by molar-refractivity contribution is 5.68. The third-order valence-corrected chi connectivity index (χ3v) is 3.45. The van der Waals surface area contributed by atoms with Crippen molar-refractivity contribution in [2.75, 3.05) is 13.6 Å². The average molecular weight is 287 g/mol. The molecule has 5 heteroatoms. The summed E-state index contributed by atoms with van der Waals surface area (Å²) in [5, 5.41) is 0. The van der Waals surface area contributed by atoms with Crippen LogP contribution >= 0.6 is 0 Å². The van der Waals surface area contributed by atoms with E-state index in [0.717, 1.165) is 12.8 Å². The van der Waals surface area contributed by atoms with Crippen molar-refractivity contribution in [1.82, 2.24) is 15.8 Å². The van der Waals surface area contributed by atoms with E-state index >= 15 is 0 Å². The van der Waals surface area contributed by atoms with Crippen molar-refractivity contribution in [2.45, 2.75) is 78.5 Å². The fourth-order valence-corrected chi connectivity index (χ4v) is 2.29. The van der Waals surface area contributed by atoms with Gasteiger partial charge < -0.3 is 9.64 Å². The van der Waals surface area contributed by atoms with Crippen molar-refractivity contribution in [3.63, 3.8) is 0 Å². The van der Waals surface area contributed by atoms with Crippen LogP contribution in [0.3, 0.4) is 0 Å². The lowest BCUT2D eigenvalue weighted by molar-refractivity contribution is 0.0153. The summed E-state index contributed by atoms with van der Waals surface area (Å²) >= 11 is 0. The van der Waals surface area contributed by atoms with Gasteiger partial charge in [0.15, 0.2) is 0 Å². The summed E-state index contributed by atoms with van der Waals surface area (Å²) in [5.41, 5.74) is 5.77. The molecule has 0 radical (unpaired) electrons. The molecule has 0 aliphatic carbocycles. The van der Waals surface area contributed by atoms with E-state index in [1.165, 1.54) is 0 Å². The summed E-state index contributed by atoms with van der Waals surface area (Å²) in [5.74, 6) is 0. The zero-order valence-electron chi connectivity index (χ0n) is 14.5. The predicted octanol–water partition coefficient (Wildman–Crippen LogP) is 2.91. The Kier molecular flexibility index (Phi) is 7.52. The van der Waals surface area contributed by atoms with Gasteiger partial charge in [0.2, 0.25) is 0 Å². The topological polar surface area (TPSA) is 53.6 Å². The molecule has 1 amide bonds. The number of nitrogens with one attached hydrogen (secondary N) is 2. The molecule has 2 unspecified atom stereocenters. The van der Waals surface area contributed by atoms with E-state index < -0.39 is 5.60 Å². The highest BCUT2D eigenvalue weighted by Gasteiger charge is 2.30. The number of carbonyl (C=O) groups excluding carboxylic acids is 1. The van der Waals surface area contributed by atoms with Crippen LogP contribution in [0.5, 0.6) is 0 Å². The Balaban J connectivity index is 4.77. The van der Waals surface area contributed by atoms with Gasteiger partial charge >= 0.3 is 6.09 Å². The summed E-state index contributed by atoms with van der Waals surface area (Å²) in [6.07, 6.45) is 1.59. The second-order valence-electron chi connectivity index (χ2n) is 6.61. The van der Waals surface area contributed by atoms with Crippen molar-refractivity contribution in [3.8, 4) is 0 Å². The smallest absolute Gasteiger partial charge is 0.410 e. The van der Waals surface area contributed by atoms with Gasteiger partial charge in [-0.2, -0.15) is 0 Å². The van der Waals surface area contributed by atoms with Crippen LogP contribution in [0.15, 0.2) is 0 Å². The van der Waals surface area contributed by atoms with E-state index in [4.69, 9.17) is 4.74 Å². The van der Waals surface area contributed by atoms with Crippen LogP contribution in [0.2, 0.25) is 0 Å². The van der Waals surface area contributed by atoms with Crippen LogP contribution in [-0.4, -0.2) is 41.8 Å². The minimum Gasteiger partial charge on any atom is -0.444 e. The molecule has 0 spiro atoms. The monoisotopic (exact) mass is 287 g/mol. The molecular weight excluding hydrogens is 254 g/mol. The van der Waals surface area contributed by atoms with Crippen LogP contribution < -0.4 is 10.9 Å². The van der Waals surface area contributed by atoms with Gasteiger partial charge in [0.1, 0.15) is 5.60 Å². The van der Waals surface area contributed by atoms with E-state index in [9.17, 15) is 4.79 Å². The van der Waals surface area contributed by atoms with E-state index in [1.807, 2.05) is 34.7 Å². The van der Waals surface area contributed by atoms with Gasteiger partial charge in [0, 0.05) is 18.1 Å². The molecule has 2 atom stereocenters. The van der Waals surface area contributed by atoms with Crippen molar-refractivity contribution >= 4 is 6.09 Å². The third kappa shape index (κ3) is 6.57. The summed E-state index contributed by atoms with van der Waals surface area (Å²) in [6, 6.07) is 0.112. The summed E-state index contributed by atoms with van der Waals surface area (Å²) in [6.45, 7) is 14.7. The van der Waals surface area contributed by atoms with E-state index in [-0.39, 0.29) is 17.7 Å². The molecule has 0 rings (SSSR count). The molecule has 0 saturated carbocycles. The van der Waals surface area contributed by atoms with Gasteiger partial charge in [-0.25, -0.2) is 4.79 Å². The van der Waals surface area contributed by atoms with Gasteiger partial charge in [-0.05, 0) is 61.4 Å². The molecule has 0 aromatic rings. The molecule has 0 aliphatic rings. The molecule has 0 saturated heterocycles. The molecule has 2 N–H and O–H groups in total. The second-order valence-corrected chi connectivity index (χ2v) is 6.61. The lowest BCUT2D eigenvalue weighted by Crippen LogP contribution is -2.53. The average Bonchev–Trinajstić information content (AvgIpc) is 2.27. The lowest BCUT2D eigenvalue weighted by Gasteiger charge is -2.37. The molecular formula is C15H33N3O2. The number of carbonyl (C=O) groups is 1. The maximum Gasteiger partial charge on any atom is 0.410 e. The number of hydrogen-bond donors (Lipinski definition) is 2. The molecule has 0 aromatic carbocycles. The molecule has 0 aromatic heterocycles. The zero-order valence-corrected chi connectivity index (χ0v) is 14.5. The minimum absolute atomic E-state index is 0.0520. The molecule has 0 aliphatic heterocycles. The summed E-state index contributed by atoms with van der Waals surface area (Å²) in [7, 11) is 1.87. The molecule has 0 fully saturated rings. The Hall–Kier alpha value is -0.810. The Morgan fingerprint density at radius 1 is 1.25 bits per heavy atom. The second kappa shape index (κ2) is 7.84. The fraction of sp³-hybridized carbons (Fsp3) is 0.933. The van der Waals surface area contributed by atoms with Crippen molar-refractivity contribution in [3.05, 3.63) is 0 Å². The van der Waals surface area contributed by atoms with Crippen LogP contribution in [0.1, 0.15) is 61.3 Å². The van der Waals surface area contributed by atoms with Gasteiger partial charge in [-0.1, -0.05) is 6.92 Å². The SMILES string of the molecule is CCN(C(=O)OC(C)(C)C)C(C)CC(C)(CC)NNC. The summed E-state index contributed by atoms with van der Waals surface area (Å²) in [4.78, 5) is 14.0. The third-order valence-electron chi connectivity index (χ3n) is 3.45. The van der Waals surface area contributed by atoms with E-state index in [0.29, 0.717) is 6.54 Å². The fourth-order valence-electron chi connectivity index (χ4n) is 2.29. The van der Waals surface area contributed by atoms with E-state index in [1.54, 1.807) is 4.90 Å². The Morgan fingerprint density at radius 3 is 2.15 bits per heavy atom. The van der Waals surface area contributed by atoms with Gasteiger partial charge in [-0.15, -0.1) is 0 Å². The number of hydrazine groups is 1. The van der Waals surface area contributed by atoms with Gasteiger partial charge in [-0.3, -0.25) is 10.9 Å². The lowest BCUT2D eigenvalue weighted by atomic mass is 9.91. The Bertz CT molecular complexity index is 302. The quantitative estimate of drug-likeness (QED) is 0.707. The van der Waals surface area contributed by atoms with Crippen molar-refractivity contribution in [1.29, 1.82) is 0 Å². The van der Waals surface area contributed by atoms with Crippen LogP contribution in [0.4, 0.5) is 4.79 Å². The first-order chi connectivity index (χ1) is 9.08. The van der Waals surface area contributed by atoms with Gasteiger partial charge in [0.25, 0.3) is 0 Å². The first kappa shape index (κ1) is 19.2. The Labute approximate surface area is 124 Å².